The molecule has 2 rings (SSSR count). The number of nitrogens with zero attached hydrogens (tertiary/aromatic N) is 1. The summed E-state index contributed by atoms with van der Waals surface area (Å²) in [6.07, 6.45) is 4.89. The van der Waals surface area contributed by atoms with Crippen LogP contribution in [0, 0.1) is 5.92 Å². The Morgan fingerprint density at radius 3 is 2.75 bits per heavy atom. The van der Waals surface area contributed by atoms with Gasteiger partial charge in [-0.3, -0.25) is 0 Å². The standard InChI is InChI=1S/C12H22N2O2/c1-2-3-4-10-9-14(11(15)16)12(10)5-7-13-8-6-12/h10,13H,2-9H2,1H3,(H,15,16). The van der Waals surface area contributed by atoms with Crippen molar-refractivity contribution in [3.63, 3.8) is 0 Å². The van der Waals surface area contributed by atoms with Crippen LogP contribution in [0.1, 0.15) is 39.0 Å². The number of hydrogen-bond acceptors (Lipinski definition) is 2. The molecule has 2 N–H and O–H groups in total. The van der Waals surface area contributed by atoms with Gasteiger partial charge < -0.3 is 15.3 Å². The first-order valence-corrected chi connectivity index (χ1v) is 6.42. The van der Waals surface area contributed by atoms with Crippen molar-refractivity contribution >= 4 is 6.09 Å². The van der Waals surface area contributed by atoms with Gasteiger partial charge in [0.05, 0.1) is 5.54 Å². The second-order valence-electron chi connectivity index (χ2n) is 5.09. The molecule has 0 saturated carbocycles. The van der Waals surface area contributed by atoms with E-state index in [4.69, 9.17) is 0 Å². The van der Waals surface area contributed by atoms with Crippen LogP contribution >= 0.6 is 0 Å². The van der Waals surface area contributed by atoms with Crippen molar-refractivity contribution in [1.82, 2.24) is 10.2 Å². The molecule has 1 amide bonds. The predicted molar refractivity (Wildman–Crippen MR) is 62.6 cm³/mol. The molecule has 0 aromatic heterocycles. The van der Waals surface area contributed by atoms with Crippen LogP contribution in [-0.4, -0.2) is 41.3 Å². The third-order valence-electron chi connectivity index (χ3n) is 4.31. The van der Waals surface area contributed by atoms with Gasteiger partial charge in [0.25, 0.3) is 0 Å². The molecule has 1 unspecified atom stereocenters. The van der Waals surface area contributed by atoms with E-state index in [0.29, 0.717) is 5.92 Å². The molecule has 0 aromatic rings. The Kier molecular flexibility index (Phi) is 3.38. The Hall–Kier alpha value is -0.770. The molecular formula is C12H22N2O2. The highest BCUT2D eigenvalue weighted by molar-refractivity contribution is 5.68. The number of hydrogen-bond donors (Lipinski definition) is 2. The fourth-order valence-corrected chi connectivity index (χ4v) is 3.30. The lowest BCUT2D eigenvalue weighted by molar-refractivity contribution is -0.0829. The van der Waals surface area contributed by atoms with E-state index in [1.54, 1.807) is 4.90 Å². The summed E-state index contributed by atoms with van der Waals surface area (Å²) in [5.74, 6) is 0.602. The molecule has 2 saturated heterocycles. The lowest BCUT2D eigenvalue weighted by Gasteiger charge is -2.59. The van der Waals surface area contributed by atoms with E-state index in [-0.39, 0.29) is 5.54 Å². The molecule has 2 aliphatic heterocycles. The van der Waals surface area contributed by atoms with Gasteiger partial charge >= 0.3 is 6.09 Å². The van der Waals surface area contributed by atoms with Gasteiger partial charge in [0.2, 0.25) is 0 Å². The SMILES string of the molecule is CCCCC1CN(C(=O)O)C12CCNCC2. The quantitative estimate of drug-likeness (QED) is 0.773. The van der Waals surface area contributed by atoms with Gasteiger partial charge in [-0.25, -0.2) is 4.79 Å². The van der Waals surface area contributed by atoms with Crippen LogP contribution in [0.15, 0.2) is 0 Å². The zero-order valence-electron chi connectivity index (χ0n) is 10.0. The Morgan fingerprint density at radius 2 is 2.19 bits per heavy atom. The van der Waals surface area contributed by atoms with Crippen LogP contribution in [0.25, 0.3) is 0 Å². The maximum atomic E-state index is 11.2. The van der Waals surface area contributed by atoms with Crippen LogP contribution in [0.4, 0.5) is 4.79 Å². The smallest absolute Gasteiger partial charge is 0.407 e. The molecule has 2 aliphatic rings. The minimum atomic E-state index is -0.727. The number of carboxylic acid groups (broad SMARTS) is 1. The zero-order chi connectivity index (χ0) is 11.6. The van der Waals surface area contributed by atoms with Crippen molar-refractivity contribution in [2.75, 3.05) is 19.6 Å². The molecule has 0 bridgehead atoms. The topological polar surface area (TPSA) is 52.6 Å². The van der Waals surface area contributed by atoms with E-state index in [1.807, 2.05) is 0 Å². The van der Waals surface area contributed by atoms with Gasteiger partial charge in [-0.1, -0.05) is 19.8 Å². The second-order valence-corrected chi connectivity index (χ2v) is 5.09. The van der Waals surface area contributed by atoms with Crippen LogP contribution in [0.2, 0.25) is 0 Å². The Labute approximate surface area is 97.0 Å². The van der Waals surface area contributed by atoms with E-state index in [1.165, 1.54) is 19.3 Å². The van der Waals surface area contributed by atoms with E-state index < -0.39 is 6.09 Å². The molecule has 2 fully saturated rings. The molecule has 16 heavy (non-hydrogen) atoms. The van der Waals surface area contributed by atoms with Gasteiger partial charge in [-0.05, 0) is 32.4 Å². The number of carbonyl (C=O) groups is 1. The Bertz CT molecular complexity index is 262. The van der Waals surface area contributed by atoms with Crippen molar-refractivity contribution in [3.05, 3.63) is 0 Å². The number of piperidine rings is 1. The summed E-state index contributed by atoms with van der Waals surface area (Å²) < 4.78 is 0. The van der Waals surface area contributed by atoms with Crippen molar-refractivity contribution in [2.45, 2.75) is 44.6 Å². The number of nitrogens with one attached hydrogen (secondary N) is 1. The summed E-state index contributed by atoms with van der Waals surface area (Å²) in [5.41, 5.74) is -0.0216. The van der Waals surface area contributed by atoms with E-state index >= 15 is 0 Å². The molecule has 0 aliphatic carbocycles. The number of likely N-dealkylation sites (tertiary alicyclic amines) is 1. The molecule has 0 aromatic carbocycles. The fourth-order valence-electron chi connectivity index (χ4n) is 3.30. The maximum absolute atomic E-state index is 11.2. The van der Waals surface area contributed by atoms with Crippen LogP contribution < -0.4 is 5.32 Å². The first-order chi connectivity index (χ1) is 7.70. The zero-order valence-corrected chi connectivity index (χ0v) is 10.0. The summed E-state index contributed by atoms with van der Waals surface area (Å²) in [6.45, 7) is 4.89. The molecule has 2 heterocycles. The van der Waals surface area contributed by atoms with E-state index in [2.05, 4.69) is 12.2 Å². The highest BCUT2D eigenvalue weighted by Gasteiger charge is 2.54. The van der Waals surface area contributed by atoms with Gasteiger partial charge in [-0.2, -0.15) is 0 Å². The van der Waals surface area contributed by atoms with Crippen LogP contribution in [0.3, 0.4) is 0 Å². The van der Waals surface area contributed by atoms with Crippen LogP contribution in [-0.2, 0) is 0 Å². The van der Waals surface area contributed by atoms with Crippen molar-refractivity contribution in [3.8, 4) is 0 Å². The fraction of sp³-hybridized carbons (Fsp3) is 0.917. The largest absolute Gasteiger partial charge is 0.465 e. The highest BCUT2D eigenvalue weighted by Crippen LogP contribution is 2.45. The molecule has 1 spiro atoms. The molecule has 0 radical (unpaired) electrons. The van der Waals surface area contributed by atoms with Crippen LogP contribution in [0.5, 0.6) is 0 Å². The van der Waals surface area contributed by atoms with Crippen molar-refractivity contribution in [1.29, 1.82) is 0 Å². The van der Waals surface area contributed by atoms with E-state index in [9.17, 15) is 9.90 Å². The highest BCUT2D eigenvalue weighted by atomic mass is 16.4. The van der Waals surface area contributed by atoms with Gasteiger partial charge in [0.15, 0.2) is 0 Å². The summed E-state index contributed by atoms with van der Waals surface area (Å²) in [5, 5.41) is 12.5. The monoisotopic (exact) mass is 226 g/mol. The van der Waals surface area contributed by atoms with Gasteiger partial charge in [0, 0.05) is 12.5 Å². The average molecular weight is 226 g/mol. The summed E-state index contributed by atoms with van der Waals surface area (Å²) >= 11 is 0. The maximum Gasteiger partial charge on any atom is 0.407 e. The van der Waals surface area contributed by atoms with Gasteiger partial charge in [0.1, 0.15) is 0 Å². The molecule has 4 nitrogen and oxygen atoms in total. The number of rotatable bonds is 3. The molecular weight excluding hydrogens is 204 g/mol. The first kappa shape index (κ1) is 11.7. The van der Waals surface area contributed by atoms with Crippen molar-refractivity contribution in [2.24, 2.45) is 5.92 Å². The second kappa shape index (κ2) is 4.62. The molecule has 92 valence electrons. The van der Waals surface area contributed by atoms with E-state index in [0.717, 1.165) is 32.5 Å². The molecule has 1 atom stereocenters. The third kappa shape index (κ3) is 1.79. The summed E-state index contributed by atoms with van der Waals surface area (Å²) in [4.78, 5) is 12.9. The normalized spacial score (nSPS) is 27.8. The minimum absolute atomic E-state index is 0.0216. The summed E-state index contributed by atoms with van der Waals surface area (Å²) in [7, 11) is 0. The number of amides is 1. The first-order valence-electron chi connectivity index (χ1n) is 6.42. The molecule has 4 heteroatoms. The van der Waals surface area contributed by atoms with Crippen molar-refractivity contribution < 1.29 is 9.90 Å². The third-order valence-corrected chi connectivity index (χ3v) is 4.31. The summed E-state index contributed by atoms with van der Waals surface area (Å²) in [6, 6.07) is 0. The lowest BCUT2D eigenvalue weighted by Crippen LogP contribution is -2.71. The van der Waals surface area contributed by atoms with Gasteiger partial charge in [-0.15, -0.1) is 0 Å². The Balaban J connectivity index is 2.03. The average Bonchev–Trinajstić information content (AvgIpc) is 2.28. The minimum Gasteiger partial charge on any atom is -0.465 e. The number of unbranched alkanes of at least 4 members (excludes halogenated alkanes) is 1. The Morgan fingerprint density at radius 1 is 1.50 bits per heavy atom. The lowest BCUT2D eigenvalue weighted by atomic mass is 9.66. The predicted octanol–water partition coefficient (Wildman–Crippen LogP) is 1.91.